The highest BCUT2D eigenvalue weighted by Crippen LogP contribution is 2.40. The Balaban J connectivity index is 2.28. The quantitative estimate of drug-likeness (QED) is 0.787. The van der Waals surface area contributed by atoms with Crippen molar-refractivity contribution in [3.63, 3.8) is 0 Å². The molecule has 0 radical (unpaired) electrons. The van der Waals surface area contributed by atoms with Gasteiger partial charge in [0.05, 0.1) is 0 Å². The van der Waals surface area contributed by atoms with E-state index < -0.39 is 0 Å². The smallest absolute Gasteiger partial charge is 0.0409 e. The van der Waals surface area contributed by atoms with E-state index >= 15 is 0 Å². The fourth-order valence-corrected chi connectivity index (χ4v) is 4.16. The average molecular weight is 294 g/mol. The second-order valence-electron chi connectivity index (χ2n) is 6.71. The number of benzene rings is 1. The van der Waals surface area contributed by atoms with Gasteiger partial charge in [0, 0.05) is 11.1 Å². The maximum absolute atomic E-state index is 6.23. The fourth-order valence-electron chi connectivity index (χ4n) is 3.98. The van der Waals surface area contributed by atoms with Gasteiger partial charge in [0.2, 0.25) is 0 Å². The number of nitrogens with one attached hydrogen (secondary N) is 1. The van der Waals surface area contributed by atoms with E-state index in [2.05, 4.69) is 45.1 Å². The lowest BCUT2D eigenvalue weighted by Crippen LogP contribution is -2.33. The van der Waals surface area contributed by atoms with E-state index in [0.717, 1.165) is 29.3 Å². The molecular formula is C18H28ClN. The Bertz CT molecular complexity index is 433. The fraction of sp³-hybridized carbons (Fsp3) is 0.667. The minimum absolute atomic E-state index is 0.448. The standard InChI is InChI=1S/C18H28ClN/c1-5-20-18(15-9-12(2)8-13(3)10-15)17-11-16(19)7-6-14(17)4/h6-7,11-13,15,18,20H,5,8-10H2,1-4H3. The zero-order chi connectivity index (χ0) is 14.7. The number of rotatable bonds is 4. The van der Waals surface area contributed by atoms with Crippen molar-refractivity contribution >= 4 is 11.6 Å². The Morgan fingerprint density at radius 2 is 1.85 bits per heavy atom. The molecule has 1 nitrogen and oxygen atoms in total. The highest BCUT2D eigenvalue weighted by atomic mass is 35.5. The van der Waals surface area contributed by atoms with Gasteiger partial charge in [-0.15, -0.1) is 0 Å². The number of hydrogen-bond acceptors (Lipinski definition) is 1. The third kappa shape index (κ3) is 3.77. The van der Waals surface area contributed by atoms with Crippen LogP contribution in [0.1, 0.15) is 57.2 Å². The zero-order valence-electron chi connectivity index (χ0n) is 13.2. The van der Waals surface area contributed by atoms with Gasteiger partial charge in [-0.25, -0.2) is 0 Å². The van der Waals surface area contributed by atoms with Crippen LogP contribution in [0.3, 0.4) is 0 Å². The molecule has 1 N–H and O–H groups in total. The molecule has 1 aromatic carbocycles. The van der Waals surface area contributed by atoms with Crippen LogP contribution in [-0.4, -0.2) is 6.54 Å². The molecule has 2 heteroatoms. The Hall–Kier alpha value is -0.530. The molecular weight excluding hydrogens is 266 g/mol. The van der Waals surface area contributed by atoms with Crippen molar-refractivity contribution in [2.45, 2.75) is 53.0 Å². The van der Waals surface area contributed by atoms with E-state index in [0.29, 0.717) is 6.04 Å². The lowest BCUT2D eigenvalue weighted by Gasteiger charge is -2.37. The second-order valence-corrected chi connectivity index (χ2v) is 7.15. The largest absolute Gasteiger partial charge is 0.310 e. The monoisotopic (exact) mass is 293 g/mol. The van der Waals surface area contributed by atoms with Crippen molar-refractivity contribution in [3.8, 4) is 0 Å². The van der Waals surface area contributed by atoms with Crippen LogP contribution in [0, 0.1) is 24.7 Å². The van der Waals surface area contributed by atoms with E-state index in [4.69, 9.17) is 11.6 Å². The normalized spacial score (nSPS) is 28.4. The SMILES string of the molecule is CCNC(c1cc(Cl)ccc1C)C1CC(C)CC(C)C1. The number of aryl methyl sites for hydroxylation is 1. The van der Waals surface area contributed by atoms with Crippen molar-refractivity contribution in [1.82, 2.24) is 5.32 Å². The van der Waals surface area contributed by atoms with Gasteiger partial charge in [-0.05, 0) is 73.7 Å². The van der Waals surface area contributed by atoms with E-state index in [1.54, 1.807) is 0 Å². The molecule has 112 valence electrons. The predicted octanol–water partition coefficient (Wildman–Crippen LogP) is 5.37. The first-order chi connectivity index (χ1) is 9.51. The molecule has 1 aromatic rings. The van der Waals surface area contributed by atoms with Gasteiger partial charge in [0.15, 0.2) is 0 Å². The van der Waals surface area contributed by atoms with Gasteiger partial charge in [0.1, 0.15) is 0 Å². The molecule has 0 saturated heterocycles. The average Bonchev–Trinajstić information content (AvgIpc) is 2.38. The minimum Gasteiger partial charge on any atom is -0.310 e. The van der Waals surface area contributed by atoms with Crippen molar-refractivity contribution in [2.75, 3.05) is 6.54 Å². The summed E-state index contributed by atoms with van der Waals surface area (Å²) in [5.74, 6) is 2.40. The van der Waals surface area contributed by atoms with Crippen molar-refractivity contribution in [3.05, 3.63) is 34.3 Å². The van der Waals surface area contributed by atoms with Gasteiger partial charge < -0.3 is 5.32 Å². The maximum atomic E-state index is 6.23. The van der Waals surface area contributed by atoms with Gasteiger partial charge >= 0.3 is 0 Å². The first-order valence-corrected chi connectivity index (χ1v) is 8.38. The molecule has 0 spiro atoms. The van der Waals surface area contributed by atoms with Crippen LogP contribution in [0.5, 0.6) is 0 Å². The summed E-state index contributed by atoms with van der Waals surface area (Å²) in [6.45, 7) is 10.2. The van der Waals surface area contributed by atoms with Crippen LogP contribution in [0.15, 0.2) is 18.2 Å². The topological polar surface area (TPSA) is 12.0 Å². The Kier molecular flexibility index (Phi) is 5.51. The molecule has 1 aliphatic carbocycles. The second kappa shape index (κ2) is 6.95. The van der Waals surface area contributed by atoms with Crippen LogP contribution in [-0.2, 0) is 0 Å². The highest BCUT2D eigenvalue weighted by Gasteiger charge is 2.31. The molecule has 20 heavy (non-hydrogen) atoms. The summed E-state index contributed by atoms with van der Waals surface area (Å²) in [5.41, 5.74) is 2.75. The van der Waals surface area contributed by atoms with E-state index in [-0.39, 0.29) is 0 Å². The molecule has 3 atom stereocenters. The van der Waals surface area contributed by atoms with Gasteiger partial charge in [-0.2, -0.15) is 0 Å². The maximum Gasteiger partial charge on any atom is 0.0409 e. The summed E-state index contributed by atoms with van der Waals surface area (Å²) < 4.78 is 0. The van der Waals surface area contributed by atoms with Gasteiger partial charge in [-0.1, -0.05) is 38.4 Å². The zero-order valence-corrected chi connectivity index (χ0v) is 14.0. The van der Waals surface area contributed by atoms with E-state index in [1.807, 2.05) is 6.07 Å². The third-order valence-corrected chi connectivity index (χ3v) is 4.92. The van der Waals surface area contributed by atoms with Crippen LogP contribution < -0.4 is 5.32 Å². The molecule has 3 unspecified atom stereocenters. The highest BCUT2D eigenvalue weighted by molar-refractivity contribution is 6.30. The van der Waals surface area contributed by atoms with Crippen LogP contribution in [0.2, 0.25) is 5.02 Å². The summed E-state index contributed by atoms with van der Waals surface area (Å²) in [5, 5.41) is 4.57. The molecule has 1 saturated carbocycles. The summed E-state index contributed by atoms with van der Waals surface area (Å²) in [6, 6.07) is 6.75. The van der Waals surface area contributed by atoms with Crippen molar-refractivity contribution in [1.29, 1.82) is 0 Å². The molecule has 0 aromatic heterocycles. The first kappa shape index (κ1) is 15.9. The summed E-state index contributed by atoms with van der Waals surface area (Å²) in [6.07, 6.45) is 4.03. The van der Waals surface area contributed by atoms with Gasteiger partial charge in [0.25, 0.3) is 0 Å². The van der Waals surface area contributed by atoms with E-state index in [1.165, 1.54) is 30.4 Å². The molecule has 0 amide bonds. The Morgan fingerprint density at radius 1 is 1.20 bits per heavy atom. The molecule has 0 heterocycles. The Morgan fingerprint density at radius 3 is 2.45 bits per heavy atom. The van der Waals surface area contributed by atoms with E-state index in [9.17, 15) is 0 Å². The summed E-state index contributed by atoms with van der Waals surface area (Å²) >= 11 is 6.23. The van der Waals surface area contributed by atoms with Crippen molar-refractivity contribution < 1.29 is 0 Å². The number of halogens is 1. The molecule has 2 rings (SSSR count). The number of hydrogen-bond donors (Lipinski definition) is 1. The van der Waals surface area contributed by atoms with Crippen LogP contribution >= 0.6 is 11.6 Å². The molecule has 0 aliphatic heterocycles. The molecule has 1 fully saturated rings. The minimum atomic E-state index is 0.448. The molecule has 0 bridgehead atoms. The van der Waals surface area contributed by atoms with Crippen LogP contribution in [0.25, 0.3) is 0 Å². The van der Waals surface area contributed by atoms with Gasteiger partial charge in [-0.3, -0.25) is 0 Å². The lowest BCUT2D eigenvalue weighted by molar-refractivity contribution is 0.177. The summed E-state index contributed by atoms with van der Waals surface area (Å²) in [7, 11) is 0. The third-order valence-electron chi connectivity index (χ3n) is 4.69. The first-order valence-electron chi connectivity index (χ1n) is 8.00. The van der Waals surface area contributed by atoms with Crippen molar-refractivity contribution in [2.24, 2.45) is 17.8 Å². The lowest BCUT2D eigenvalue weighted by atomic mass is 9.72. The predicted molar refractivity (Wildman–Crippen MR) is 88.3 cm³/mol. The van der Waals surface area contributed by atoms with Crippen LogP contribution in [0.4, 0.5) is 0 Å². The Labute approximate surface area is 129 Å². The summed E-state index contributed by atoms with van der Waals surface area (Å²) in [4.78, 5) is 0. The molecule has 1 aliphatic rings.